The monoisotopic (exact) mass is 243 g/mol. The van der Waals surface area contributed by atoms with E-state index in [1.54, 1.807) is 0 Å². The molecule has 0 saturated carbocycles. The van der Waals surface area contributed by atoms with Gasteiger partial charge < -0.3 is 10.4 Å². The molecular formula is C15H33NO. The van der Waals surface area contributed by atoms with E-state index < -0.39 is 5.60 Å². The highest BCUT2D eigenvalue weighted by molar-refractivity contribution is 4.81. The van der Waals surface area contributed by atoms with Crippen molar-refractivity contribution in [1.29, 1.82) is 0 Å². The minimum atomic E-state index is -0.522. The van der Waals surface area contributed by atoms with Gasteiger partial charge in [0.25, 0.3) is 0 Å². The second-order valence-corrected chi connectivity index (χ2v) is 6.27. The highest BCUT2D eigenvalue weighted by Crippen LogP contribution is 2.17. The first-order valence-electron chi connectivity index (χ1n) is 7.28. The summed E-state index contributed by atoms with van der Waals surface area (Å²) in [6, 6.07) is 0.541. The molecule has 0 spiro atoms. The van der Waals surface area contributed by atoms with Crippen LogP contribution in [0.4, 0.5) is 0 Å². The van der Waals surface area contributed by atoms with E-state index in [0.717, 1.165) is 19.4 Å². The molecule has 0 atom stereocenters. The predicted octanol–water partition coefficient (Wildman–Crippen LogP) is 3.59. The van der Waals surface area contributed by atoms with Gasteiger partial charge in [-0.2, -0.15) is 0 Å². The molecule has 0 bridgehead atoms. The van der Waals surface area contributed by atoms with Gasteiger partial charge in [0.05, 0.1) is 5.60 Å². The molecule has 0 aromatic rings. The van der Waals surface area contributed by atoms with Crippen molar-refractivity contribution >= 4 is 0 Å². The van der Waals surface area contributed by atoms with Gasteiger partial charge in [-0.1, -0.05) is 41.5 Å². The van der Waals surface area contributed by atoms with Gasteiger partial charge in [-0.15, -0.1) is 0 Å². The summed E-state index contributed by atoms with van der Waals surface area (Å²) in [4.78, 5) is 0. The van der Waals surface area contributed by atoms with Crippen molar-refractivity contribution in [3.05, 3.63) is 0 Å². The lowest BCUT2D eigenvalue weighted by Crippen LogP contribution is -2.44. The Balaban J connectivity index is 4.23. The van der Waals surface area contributed by atoms with Crippen molar-refractivity contribution < 1.29 is 5.11 Å². The molecule has 0 unspecified atom stereocenters. The number of rotatable bonds is 9. The van der Waals surface area contributed by atoms with E-state index in [-0.39, 0.29) is 0 Å². The van der Waals surface area contributed by atoms with Crippen LogP contribution in [0, 0.1) is 11.8 Å². The standard InChI is InChI=1S/C15H33NO/c1-7-15(17,8-2)11-16-14(9-12(3)4)10-13(5)6/h12-14,16-17H,7-11H2,1-6H3. The summed E-state index contributed by atoms with van der Waals surface area (Å²) in [5.74, 6) is 1.42. The Morgan fingerprint density at radius 1 is 0.941 bits per heavy atom. The first-order valence-corrected chi connectivity index (χ1v) is 7.28. The zero-order valence-corrected chi connectivity index (χ0v) is 12.7. The third kappa shape index (κ3) is 7.77. The summed E-state index contributed by atoms with van der Waals surface area (Å²) in [7, 11) is 0. The summed E-state index contributed by atoms with van der Waals surface area (Å²) in [6.45, 7) is 13.9. The Kier molecular flexibility index (Phi) is 8.06. The fourth-order valence-electron chi connectivity index (χ4n) is 2.24. The first-order chi connectivity index (χ1) is 7.83. The fraction of sp³-hybridized carbons (Fsp3) is 1.00. The first kappa shape index (κ1) is 16.9. The SMILES string of the molecule is CCC(O)(CC)CNC(CC(C)C)CC(C)C. The molecule has 0 rings (SSSR count). The fourth-order valence-corrected chi connectivity index (χ4v) is 2.24. The largest absolute Gasteiger partial charge is 0.389 e. The van der Waals surface area contributed by atoms with Gasteiger partial charge in [0.15, 0.2) is 0 Å². The van der Waals surface area contributed by atoms with Crippen LogP contribution >= 0.6 is 0 Å². The van der Waals surface area contributed by atoms with Crippen LogP contribution in [0.1, 0.15) is 67.2 Å². The minimum absolute atomic E-state index is 0.522. The van der Waals surface area contributed by atoms with Crippen LogP contribution in [0.15, 0.2) is 0 Å². The summed E-state index contributed by atoms with van der Waals surface area (Å²) in [5, 5.41) is 13.9. The lowest BCUT2D eigenvalue weighted by atomic mass is 9.93. The van der Waals surface area contributed by atoms with E-state index in [1.165, 1.54) is 12.8 Å². The van der Waals surface area contributed by atoms with Crippen molar-refractivity contribution in [2.75, 3.05) is 6.54 Å². The van der Waals surface area contributed by atoms with Gasteiger partial charge in [-0.05, 0) is 37.5 Å². The molecule has 0 aromatic carbocycles. The van der Waals surface area contributed by atoms with Crippen LogP contribution in [-0.2, 0) is 0 Å². The minimum Gasteiger partial charge on any atom is -0.389 e. The van der Waals surface area contributed by atoms with Gasteiger partial charge in [-0.25, -0.2) is 0 Å². The quantitative estimate of drug-likeness (QED) is 0.648. The normalized spacial score (nSPS) is 13.1. The maximum absolute atomic E-state index is 10.3. The molecule has 0 aliphatic heterocycles. The number of hydrogen-bond donors (Lipinski definition) is 2. The highest BCUT2D eigenvalue weighted by atomic mass is 16.3. The zero-order chi connectivity index (χ0) is 13.5. The average Bonchev–Trinajstić information content (AvgIpc) is 2.24. The molecule has 0 radical (unpaired) electrons. The van der Waals surface area contributed by atoms with Crippen LogP contribution in [0.25, 0.3) is 0 Å². The van der Waals surface area contributed by atoms with E-state index in [1.807, 2.05) is 0 Å². The second-order valence-electron chi connectivity index (χ2n) is 6.27. The van der Waals surface area contributed by atoms with Crippen LogP contribution in [0.5, 0.6) is 0 Å². The van der Waals surface area contributed by atoms with E-state index in [4.69, 9.17) is 0 Å². The maximum atomic E-state index is 10.3. The van der Waals surface area contributed by atoms with E-state index in [2.05, 4.69) is 46.9 Å². The Morgan fingerprint density at radius 2 is 1.35 bits per heavy atom. The topological polar surface area (TPSA) is 32.3 Å². The molecule has 0 aromatic heterocycles. The molecule has 2 N–H and O–H groups in total. The number of hydrogen-bond acceptors (Lipinski definition) is 2. The lowest BCUT2D eigenvalue weighted by Gasteiger charge is -2.30. The third-order valence-electron chi connectivity index (χ3n) is 3.55. The molecule has 0 heterocycles. The van der Waals surface area contributed by atoms with Crippen molar-refractivity contribution in [3.63, 3.8) is 0 Å². The maximum Gasteiger partial charge on any atom is 0.0766 e. The van der Waals surface area contributed by atoms with E-state index in [0.29, 0.717) is 17.9 Å². The van der Waals surface area contributed by atoms with E-state index >= 15 is 0 Å². The summed E-state index contributed by atoms with van der Waals surface area (Å²) >= 11 is 0. The Labute approximate surface area is 108 Å². The van der Waals surface area contributed by atoms with E-state index in [9.17, 15) is 5.11 Å². The van der Waals surface area contributed by atoms with Crippen molar-refractivity contribution in [1.82, 2.24) is 5.32 Å². The lowest BCUT2D eigenvalue weighted by molar-refractivity contribution is 0.0284. The molecule has 0 aliphatic rings. The Morgan fingerprint density at radius 3 is 1.65 bits per heavy atom. The van der Waals surface area contributed by atoms with Gasteiger partial charge in [0.1, 0.15) is 0 Å². The van der Waals surface area contributed by atoms with Crippen LogP contribution in [-0.4, -0.2) is 23.3 Å². The van der Waals surface area contributed by atoms with Crippen LogP contribution in [0.2, 0.25) is 0 Å². The molecule has 2 nitrogen and oxygen atoms in total. The predicted molar refractivity (Wildman–Crippen MR) is 76.2 cm³/mol. The zero-order valence-electron chi connectivity index (χ0n) is 12.7. The molecular weight excluding hydrogens is 210 g/mol. The molecule has 17 heavy (non-hydrogen) atoms. The Bertz CT molecular complexity index is 175. The molecule has 0 aliphatic carbocycles. The third-order valence-corrected chi connectivity index (χ3v) is 3.55. The van der Waals surface area contributed by atoms with Crippen molar-refractivity contribution in [3.8, 4) is 0 Å². The van der Waals surface area contributed by atoms with Gasteiger partial charge >= 0.3 is 0 Å². The Hall–Kier alpha value is -0.0800. The molecule has 2 heteroatoms. The molecule has 0 saturated heterocycles. The number of nitrogens with one attached hydrogen (secondary N) is 1. The van der Waals surface area contributed by atoms with Crippen molar-refractivity contribution in [2.24, 2.45) is 11.8 Å². The summed E-state index contributed by atoms with van der Waals surface area (Å²) in [5.41, 5.74) is -0.522. The second kappa shape index (κ2) is 8.10. The van der Waals surface area contributed by atoms with Gasteiger partial charge in [-0.3, -0.25) is 0 Å². The molecule has 0 amide bonds. The van der Waals surface area contributed by atoms with Gasteiger partial charge in [0.2, 0.25) is 0 Å². The smallest absolute Gasteiger partial charge is 0.0766 e. The highest BCUT2D eigenvalue weighted by Gasteiger charge is 2.23. The summed E-state index contributed by atoms with van der Waals surface area (Å²) in [6.07, 6.45) is 4.04. The summed E-state index contributed by atoms with van der Waals surface area (Å²) < 4.78 is 0. The van der Waals surface area contributed by atoms with Gasteiger partial charge in [0, 0.05) is 12.6 Å². The average molecular weight is 243 g/mol. The molecule has 104 valence electrons. The molecule has 0 fully saturated rings. The van der Waals surface area contributed by atoms with Crippen LogP contribution in [0.3, 0.4) is 0 Å². The van der Waals surface area contributed by atoms with Crippen molar-refractivity contribution in [2.45, 2.75) is 78.9 Å². The number of aliphatic hydroxyl groups is 1. The van der Waals surface area contributed by atoms with Crippen LogP contribution < -0.4 is 5.32 Å².